The van der Waals surface area contributed by atoms with Crippen LogP contribution in [-0.4, -0.2) is 61.9 Å². The number of hydrogen-bond acceptors (Lipinski definition) is 5. The molecule has 10 heteroatoms. The van der Waals surface area contributed by atoms with Crippen LogP contribution < -0.4 is 10.6 Å². The molecule has 1 aliphatic carbocycles. The quantitative estimate of drug-likeness (QED) is 0.443. The number of benzene rings is 2. The summed E-state index contributed by atoms with van der Waals surface area (Å²) in [4.78, 5) is 34.9. The molecule has 0 saturated heterocycles. The van der Waals surface area contributed by atoms with Gasteiger partial charge in [0.25, 0.3) is 0 Å². The molecule has 0 radical (unpaired) electrons. The fraction of sp³-hybridized carbons (Fsp3) is 0.348. The molecule has 33 heavy (non-hydrogen) atoms. The van der Waals surface area contributed by atoms with Crippen molar-refractivity contribution in [2.45, 2.75) is 24.8 Å². The van der Waals surface area contributed by atoms with Gasteiger partial charge in [0.15, 0.2) is 0 Å². The Kier molecular flexibility index (Phi) is 8.31. The van der Waals surface area contributed by atoms with Crippen LogP contribution in [0.4, 0.5) is 13.6 Å². The van der Waals surface area contributed by atoms with Crippen molar-refractivity contribution < 1.29 is 37.7 Å². The number of fused-ring (bicyclic) bond motifs is 3. The molecule has 0 bridgehead atoms. The van der Waals surface area contributed by atoms with Gasteiger partial charge in [-0.05, 0) is 22.3 Å². The van der Waals surface area contributed by atoms with Crippen LogP contribution in [0.25, 0.3) is 11.1 Å². The maximum Gasteiger partial charge on any atom is 0.407 e. The van der Waals surface area contributed by atoms with Gasteiger partial charge in [-0.2, -0.15) is 0 Å². The minimum Gasteiger partial charge on any atom is -0.480 e. The molecule has 0 heterocycles. The molecule has 3 rings (SSSR count). The lowest BCUT2D eigenvalue weighted by Gasteiger charge is -2.19. The zero-order chi connectivity index (χ0) is 23.8. The van der Waals surface area contributed by atoms with E-state index in [1.807, 2.05) is 48.5 Å². The van der Waals surface area contributed by atoms with Crippen molar-refractivity contribution in [1.29, 1.82) is 0 Å². The van der Waals surface area contributed by atoms with E-state index in [2.05, 4.69) is 10.6 Å². The Morgan fingerprint density at radius 1 is 1.00 bits per heavy atom. The molecule has 0 fully saturated rings. The van der Waals surface area contributed by atoms with Crippen LogP contribution in [0.3, 0.4) is 0 Å². The molecule has 1 atom stereocenters. The third kappa shape index (κ3) is 6.48. The summed E-state index contributed by atoms with van der Waals surface area (Å²) in [6, 6.07) is 14.0. The number of amides is 2. The maximum absolute atomic E-state index is 12.9. The zero-order valence-corrected chi connectivity index (χ0v) is 17.6. The van der Waals surface area contributed by atoms with Gasteiger partial charge in [0.1, 0.15) is 19.3 Å². The number of alkyl carbamates (subject to hydrolysis) is 1. The number of carboxylic acids is 1. The van der Waals surface area contributed by atoms with Crippen molar-refractivity contribution >= 4 is 18.0 Å². The molecule has 0 aliphatic heterocycles. The molecule has 2 aromatic carbocycles. The van der Waals surface area contributed by atoms with E-state index < -0.39 is 43.5 Å². The van der Waals surface area contributed by atoms with Crippen LogP contribution >= 0.6 is 0 Å². The molecule has 2 amide bonds. The lowest BCUT2D eigenvalue weighted by Crippen LogP contribution is -2.48. The summed E-state index contributed by atoms with van der Waals surface area (Å²) in [6.07, 6.45) is -4.72. The van der Waals surface area contributed by atoms with Gasteiger partial charge in [-0.25, -0.2) is 18.4 Å². The second kappa shape index (κ2) is 11.4. The molecule has 3 N–H and O–H groups in total. The topological polar surface area (TPSA) is 114 Å². The molecular weight excluding hydrogens is 438 g/mol. The van der Waals surface area contributed by atoms with Gasteiger partial charge in [0.2, 0.25) is 12.3 Å². The predicted octanol–water partition coefficient (Wildman–Crippen LogP) is 2.77. The first-order valence-corrected chi connectivity index (χ1v) is 10.3. The molecular formula is C23H24F2N2O6. The first-order chi connectivity index (χ1) is 15.9. The third-order valence-corrected chi connectivity index (χ3v) is 5.14. The third-order valence-electron chi connectivity index (χ3n) is 5.14. The van der Waals surface area contributed by atoms with Crippen LogP contribution in [0, 0.1) is 0 Å². The fourth-order valence-corrected chi connectivity index (χ4v) is 3.72. The maximum atomic E-state index is 12.9. The average molecular weight is 462 g/mol. The Balaban J connectivity index is 1.56. The number of hydrogen-bond donors (Lipinski definition) is 3. The number of alkyl halides is 2. The van der Waals surface area contributed by atoms with E-state index in [0.29, 0.717) is 0 Å². The SMILES string of the molecule is O=C(O)COCCNC(=O)C(CC(F)F)NC(=O)OCC1c2ccccc2-c2ccccc21. The number of rotatable bonds is 11. The molecule has 176 valence electrons. The van der Waals surface area contributed by atoms with Crippen molar-refractivity contribution in [3.63, 3.8) is 0 Å². The van der Waals surface area contributed by atoms with Gasteiger partial charge in [0.05, 0.1) is 6.61 Å². The second-order valence-corrected chi connectivity index (χ2v) is 7.39. The first kappa shape index (κ1) is 24.1. The standard InChI is InChI=1S/C23H24F2N2O6/c24-20(25)11-19(22(30)26-9-10-32-13-21(28)29)27-23(31)33-12-18-16-7-3-1-5-14(16)15-6-2-4-8-17(15)18/h1-8,18-20H,9-13H2,(H,26,30)(H,27,31)(H,28,29). The summed E-state index contributed by atoms with van der Waals surface area (Å²) in [7, 11) is 0. The second-order valence-electron chi connectivity index (χ2n) is 7.39. The van der Waals surface area contributed by atoms with Gasteiger partial charge < -0.3 is 25.2 Å². The van der Waals surface area contributed by atoms with Gasteiger partial charge in [-0.3, -0.25) is 4.79 Å². The molecule has 0 spiro atoms. The van der Waals surface area contributed by atoms with E-state index >= 15 is 0 Å². The van der Waals surface area contributed by atoms with E-state index in [1.54, 1.807) is 0 Å². The summed E-state index contributed by atoms with van der Waals surface area (Å²) in [5.74, 6) is -2.23. The number of halogens is 2. The number of carbonyl (C=O) groups is 3. The van der Waals surface area contributed by atoms with Crippen molar-refractivity contribution in [3.8, 4) is 11.1 Å². The van der Waals surface area contributed by atoms with E-state index in [1.165, 1.54) is 0 Å². The first-order valence-electron chi connectivity index (χ1n) is 10.3. The molecule has 1 aliphatic rings. The largest absolute Gasteiger partial charge is 0.480 e. The van der Waals surface area contributed by atoms with E-state index in [-0.39, 0.29) is 25.7 Å². The number of carbonyl (C=O) groups excluding carboxylic acids is 2. The average Bonchev–Trinajstić information content (AvgIpc) is 3.10. The number of carboxylic acid groups (broad SMARTS) is 1. The Hall–Kier alpha value is -3.53. The van der Waals surface area contributed by atoms with Gasteiger partial charge in [-0.15, -0.1) is 0 Å². The Labute approximate surface area is 188 Å². The van der Waals surface area contributed by atoms with Crippen LogP contribution in [-0.2, 0) is 19.1 Å². The summed E-state index contributed by atoms with van der Waals surface area (Å²) >= 11 is 0. The molecule has 0 aromatic heterocycles. The smallest absolute Gasteiger partial charge is 0.407 e. The lowest BCUT2D eigenvalue weighted by molar-refractivity contribution is -0.142. The number of aliphatic carboxylic acids is 1. The zero-order valence-electron chi connectivity index (χ0n) is 17.6. The predicted molar refractivity (Wildman–Crippen MR) is 114 cm³/mol. The van der Waals surface area contributed by atoms with E-state index in [9.17, 15) is 23.2 Å². The lowest BCUT2D eigenvalue weighted by atomic mass is 9.98. The highest BCUT2D eigenvalue weighted by molar-refractivity contribution is 5.85. The molecule has 2 aromatic rings. The van der Waals surface area contributed by atoms with Crippen LogP contribution in [0.5, 0.6) is 0 Å². The van der Waals surface area contributed by atoms with E-state index in [0.717, 1.165) is 22.3 Å². The number of ether oxygens (including phenoxy) is 2. The minimum atomic E-state index is -2.84. The van der Waals surface area contributed by atoms with Crippen LogP contribution in [0.2, 0.25) is 0 Å². The minimum absolute atomic E-state index is 0.0219. The van der Waals surface area contributed by atoms with Crippen molar-refractivity contribution in [2.24, 2.45) is 0 Å². The highest BCUT2D eigenvalue weighted by Gasteiger charge is 2.30. The highest BCUT2D eigenvalue weighted by Crippen LogP contribution is 2.44. The Morgan fingerprint density at radius 2 is 1.61 bits per heavy atom. The van der Waals surface area contributed by atoms with Crippen molar-refractivity contribution in [2.75, 3.05) is 26.4 Å². The summed E-state index contributed by atoms with van der Waals surface area (Å²) in [5.41, 5.74) is 4.08. The highest BCUT2D eigenvalue weighted by atomic mass is 19.3. The Bertz CT molecular complexity index is 955. The number of nitrogens with one attached hydrogen (secondary N) is 2. The molecule has 1 unspecified atom stereocenters. The van der Waals surface area contributed by atoms with Gasteiger partial charge in [-0.1, -0.05) is 48.5 Å². The van der Waals surface area contributed by atoms with Gasteiger partial charge >= 0.3 is 12.1 Å². The van der Waals surface area contributed by atoms with Crippen LogP contribution in [0.1, 0.15) is 23.5 Å². The molecule has 0 saturated carbocycles. The fourth-order valence-electron chi connectivity index (χ4n) is 3.72. The monoisotopic (exact) mass is 462 g/mol. The van der Waals surface area contributed by atoms with Gasteiger partial charge in [0, 0.05) is 18.9 Å². The molecule has 8 nitrogen and oxygen atoms in total. The van der Waals surface area contributed by atoms with Crippen LogP contribution in [0.15, 0.2) is 48.5 Å². The van der Waals surface area contributed by atoms with Crippen molar-refractivity contribution in [1.82, 2.24) is 10.6 Å². The van der Waals surface area contributed by atoms with E-state index in [4.69, 9.17) is 14.6 Å². The summed E-state index contributed by atoms with van der Waals surface area (Å²) in [5, 5.41) is 13.0. The summed E-state index contributed by atoms with van der Waals surface area (Å²) < 4.78 is 35.9. The van der Waals surface area contributed by atoms with Crippen molar-refractivity contribution in [3.05, 3.63) is 59.7 Å². The Morgan fingerprint density at radius 3 is 2.18 bits per heavy atom. The summed E-state index contributed by atoms with van der Waals surface area (Å²) in [6.45, 7) is -0.789. The normalized spacial score (nSPS) is 13.2.